The van der Waals surface area contributed by atoms with Crippen molar-refractivity contribution in [2.24, 2.45) is 0 Å². The van der Waals surface area contributed by atoms with E-state index in [0.29, 0.717) is 29.2 Å². The van der Waals surface area contributed by atoms with E-state index in [9.17, 15) is 4.79 Å². The molecular formula is C23H26O5. The minimum Gasteiger partial charge on any atom is -0.497 e. The Hall–Kier alpha value is -2.95. The first-order chi connectivity index (χ1) is 13.5. The predicted octanol–water partition coefficient (Wildman–Crippen LogP) is 4.93. The van der Waals surface area contributed by atoms with Crippen LogP contribution in [-0.2, 0) is 6.42 Å². The molecule has 2 aromatic carbocycles. The molecular weight excluding hydrogens is 356 g/mol. The van der Waals surface area contributed by atoms with Gasteiger partial charge in [-0.2, -0.15) is 0 Å². The van der Waals surface area contributed by atoms with Crippen LogP contribution in [0, 0.1) is 0 Å². The number of hydrogen-bond acceptors (Lipinski definition) is 5. The van der Waals surface area contributed by atoms with Crippen molar-refractivity contribution in [2.45, 2.75) is 32.8 Å². The van der Waals surface area contributed by atoms with Gasteiger partial charge in [0.25, 0.3) is 0 Å². The topological polar surface area (TPSA) is 54.0 Å². The Kier molecular flexibility index (Phi) is 5.93. The minimum atomic E-state index is -0.367. The zero-order chi connectivity index (χ0) is 20.3. The lowest BCUT2D eigenvalue weighted by molar-refractivity contribution is 0.0842. The van der Waals surface area contributed by atoms with E-state index in [1.807, 2.05) is 38.1 Å². The molecule has 2 aromatic rings. The smallest absolute Gasteiger partial charge is 0.174 e. The lowest BCUT2D eigenvalue weighted by Crippen LogP contribution is -2.22. The summed E-state index contributed by atoms with van der Waals surface area (Å²) >= 11 is 0. The van der Waals surface area contributed by atoms with Gasteiger partial charge in [0.1, 0.15) is 34.7 Å². The standard InChI is InChI=1S/C23H26O5/c1-14(2)6-11-17-20(26-4)13-21(27-5)22-18(24)12-19(28-23(17)22)15-7-9-16(25-3)10-8-15/h6-10,13,19H,11-12H2,1-5H3/t19-/m0/s1. The normalized spacial score (nSPS) is 15.3. The van der Waals surface area contributed by atoms with Crippen LogP contribution in [0.15, 0.2) is 42.0 Å². The van der Waals surface area contributed by atoms with Gasteiger partial charge in [-0.1, -0.05) is 23.8 Å². The number of ketones is 1. The van der Waals surface area contributed by atoms with Crippen LogP contribution in [-0.4, -0.2) is 27.1 Å². The van der Waals surface area contributed by atoms with Crippen LogP contribution >= 0.6 is 0 Å². The number of hydrogen-bond donors (Lipinski definition) is 0. The van der Waals surface area contributed by atoms with Crippen LogP contribution in [0.1, 0.15) is 47.9 Å². The molecule has 0 unspecified atom stereocenters. The molecule has 28 heavy (non-hydrogen) atoms. The van der Waals surface area contributed by atoms with Gasteiger partial charge in [0, 0.05) is 11.6 Å². The third-order valence-corrected chi connectivity index (χ3v) is 4.86. The second-order valence-corrected chi connectivity index (χ2v) is 6.96. The average Bonchev–Trinajstić information content (AvgIpc) is 2.71. The van der Waals surface area contributed by atoms with Gasteiger partial charge in [-0.3, -0.25) is 4.79 Å². The van der Waals surface area contributed by atoms with Gasteiger partial charge >= 0.3 is 0 Å². The minimum absolute atomic E-state index is 0.0000196. The molecule has 5 nitrogen and oxygen atoms in total. The van der Waals surface area contributed by atoms with Crippen molar-refractivity contribution >= 4 is 5.78 Å². The van der Waals surface area contributed by atoms with E-state index in [4.69, 9.17) is 18.9 Å². The maximum Gasteiger partial charge on any atom is 0.174 e. The fraction of sp³-hybridized carbons (Fsp3) is 0.348. The number of rotatable bonds is 6. The Bertz CT molecular complexity index is 892. The third kappa shape index (κ3) is 3.84. The predicted molar refractivity (Wildman–Crippen MR) is 108 cm³/mol. The zero-order valence-electron chi connectivity index (χ0n) is 17.0. The molecule has 0 N–H and O–H groups in total. The van der Waals surface area contributed by atoms with Gasteiger partial charge in [-0.25, -0.2) is 0 Å². The highest BCUT2D eigenvalue weighted by atomic mass is 16.5. The molecule has 148 valence electrons. The van der Waals surface area contributed by atoms with E-state index in [1.165, 1.54) is 5.57 Å². The molecule has 0 amide bonds. The summed E-state index contributed by atoms with van der Waals surface area (Å²) in [5.74, 6) is 2.44. The Labute approximate surface area is 165 Å². The van der Waals surface area contributed by atoms with Crippen molar-refractivity contribution in [1.82, 2.24) is 0 Å². The summed E-state index contributed by atoms with van der Waals surface area (Å²) in [7, 11) is 4.78. The molecule has 0 bridgehead atoms. The monoisotopic (exact) mass is 382 g/mol. The van der Waals surface area contributed by atoms with Crippen LogP contribution in [0.5, 0.6) is 23.0 Å². The van der Waals surface area contributed by atoms with Crippen molar-refractivity contribution in [3.8, 4) is 23.0 Å². The summed E-state index contributed by atoms with van der Waals surface area (Å²) in [6.07, 6.45) is 2.59. The van der Waals surface area contributed by atoms with E-state index in [1.54, 1.807) is 27.4 Å². The summed E-state index contributed by atoms with van der Waals surface area (Å²) in [5, 5.41) is 0. The first-order valence-electron chi connectivity index (χ1n) is 9.23. The number of methoxy groups -OCH3 is 3. The highest BCUT2D eigenvalue weighted by molar-refractivity contribution is 6.03. The largest absolute Gasteiger partial charge is 0.497 e. The molecule has 1 aliphatic heterocycles. The van der Waals surface area contributed by atoms with Crippen LogP contribution in [0.3, 0.4) is 0 Å². The van der Waals surface area contributed by atoms with E-state index >= 15 is 0 Å². The molecule has 0 spiro atoms. The molecule has 1 heterocycles. The maximum absolute atomic E-state index is 13.0. The Morgan fingerprint density at radius 1 is 1.07 bits per heavy atom. The molecule has 0 aromatic heterocycles. The van der Waals surface area contributed by atoms with Gasteiger partial charge in [-0.15, -0.1) is 0 Å². The second kappa shape index (κ2) is 8.38. The van der Waals surface area contributed by atoms with E-state index < -0.39 is 0 Å². The summed E-state index contributed by atoms with van der Waals surface area (Å²) in [5.41, 5.74) is 3.45. The van der Waals surface area contributed by atoms with Gasteiger partial charge in [0.05, 0.1) is 27.8 Å². The zero-order valence-corrected chi connectivity index (χ0v) is 17.0. The van der Waals surface area contributed by atoms with Gasteiger partial charge in [-0.05, 0) is 38.0 Å². The highest BCUT2D eigenvalue weighted by Crippen LogP contribution is 2.46. The van der Waals surface area contributed by atoms with Crippen LogP contribution in [0.4, 0.5) is 0 Å². The lowest BCUT2D eigenvalue weighted by atomic mass is 9.92. The number of fused-ring (bicyclic) bond motifs is 1. The van der Waals surface area contributed by atoms with Crippen molar-refractivity contribution in [3.05, 3.63) is 58.7 Å². The quantitative estimate of drug-likeness (QED) is 0.663. The fourth-order valence-electron chi connectivity index (χ4n) is 3.35. The number of carbonyl (C=O) groups is 1. The second-order valence-electron chi connectivity index (χ2n) is 6.96. The highest BCUT2D eigenvalue weighted by Gasteiger charge is 2.34. The Balaban J connectivity index is 2.09. The summed E-state index contributed by atoms with van der Waals surface area (Å²) in [6, 6.07) is 9.36. The Morgan fingerprint density at radius 2 is 1.75 bits per heavy atom. The van der Waals surface area contributed by atoms with Crippen molar-refractivity contribution in [3.63, 3.8) is 0 Å². The van der Waals surface area contributed by atoms with E-state index in [2.05, 4.69) is 6.08 Å². The van der Waals surface area contributed by atoms with Crippen molar-refractivity contribution < 1.29 is 23.7 Å². The molecule has 3 rings (SSSR count). The number of Topliss-reactive ketones (excluding diaryl/α,β-unsaturated/α-hetero) is 1. The van der Waals surface area contributed by atoms with Crippen LogP contribution < -0.4 is 18.9 Å². The number of ether oxygens (including phenoxy) is 4. The number of allylic oxidation sites excluding steroid dienone is 2. The van der Waals surface area contributed by atoms with Crippen LogP contribution in [0.25, 0.3) is 0 Å². The Morgan fingerprint density at radius 3 is 2.32 bits per heavy atom. The molecule has 1 atom stereocenters. The number of benzene rings is 2. The van der Waals surface area contributed by atoms with Gasteiger partial charge in [0.15, 0.2) is 5.78 Å². The van der Waals surface area contributed by atoms with Crippen molar-refractivity contribution in [1.29, 1.82) is 0 Å². The van der Waals surface area contributed by atoms with Gasteiger partial charge in [0.2, 0.25) is 0 Å². The first kappa shape index (κ1) is 19.8. The maximum atomic E-state index is 13.0. The lowest BCUT2D eigenvalue weighted by Gasteiger charge is -2.29. The van der Waals surface area contributed by atoms with Gasteiger partial charge < -0.3 is 18.9 Å². The molecule has 0 fully saturated rings. The van der Waals surface area contributed by atoms with Crippen molar-refractivity contribution in [2.75, 3.05) is 21.3 Å². The molecule has 0 saturated carbocycles. The third-order valence-electron chi connectivity index (χ3n) is 4.86. The molecule has 1 aliphatic rings. The SMILES string of the molecule is COc1ccc([C@@H]2CC(=O)c3c(OC)cc(OC)c(CC=C(C)C)c3O2)cc1. The summed E-state index contributed by atoms with van der Waals surface area (Å²) < 4.78 is 22.6. The molecule has 0 saturated heterocycles. The molecule has 0 radical (unpaired) electrons. The average molecular weight is 382 g/mol. The number of carbonyl (C=O) groups excluding carboxylic acids is 1. The van der Waals surface area contributed by atoms with Crippen LogP contribution in [0.2, 0.25) is 0 Å². The van der Waals surface area contributed by atoms with E-state index in [-0.39, 0.29) is 18.3 Å². The van der Waals surface area contributed by atoms with E-state index in [0.717, 1.165) is 16.9 Å². The fourth-order valence-corrected chi connectivity index (χ4v) is 3.35. The molecule has 0 aliphatic carbocycles. The first-order valence-corrected chi connectivity index (χ1v) is 9.23. The summed E-state index contributed by atoms with van der Waals surface area (Å²) in [6.45, 7) is 4.07. The summed E-state index contributed by atoms with van der Waals surface area (Å²) in [4.78, 5) is 13.0. The molecule has 5 heteroatoms.